The molecule has 0 aliphatic heterocycles. The van der Waals surface area contributed by atoms with Crippen LogP contribution in [0, 0.1) is 0 Å². The van der Waals surface area contributed by atoms with E-state index >= 15 is 0 Å². The van der Waals surface area contributed by atoms with Crippen LogP contribution in [0.2, 0.25) is 5.02 Å². The number of hydrogen-bond donors (Lipinski definition) is 2. The molecular formula is C15H13ClN2O2. The van der Waals surface area contributed by atoms with Gasteiger partial charge in [0.15, 0.2) is 5.78 Å². The van der Waals surface area contributed by atoms with Crippen molar-refractivity contribution in [1.82, 2.24) is 5.32 Å². The molecule has 0 saturated heterocycles. The number of halogens is 1. The van der Waals surface area contributed by atoms with Crippen molar-refractivity contribution in [3.8, 4) is 0 Å². The maximum absolute atomic E-state index is 11.8. The van der Waals surface area contributed by atoms with E-state index in [4.69, 9.17) is 11.6 Å². The number of benzene rings is 2. The van der Waals surface area contributed by atoms with Crippen molar-refractivity contribution in [1.29, 1.82) is 0 Å². The van der Waals surface area contributed by atoms with Gasteiger partial charge in [-0.3, -0.25) is 4.79 Å². The quantitative estimate of drug-likeness (QED) is 0.848. The second-order valence-electron chi connectivity index (χ2n) is 4.10. The standard InChI is InChI=1S/C15H13ClN2O2/c16-12-6-8-13(9-7-12)18-15(20)17-10-14(19)11-4-2-1-3-5-11/h1-9H,10H2,(H2,17,18,20). The van der Waals surface area contributed by atoms with E-state index in [1.54, 1.807) is 48.5 Å². The van der Waals surface area contributed by atoms with Crippen LogP contribution in [0.4, 0.5) is 10.5 Å². The lowest BCUT2D eigenvalue weighted by Crippen LogP contribution is -2.33. The van der Waals surface area contributed by atoms with Crippen LogP contribution in [0.15, 0.2) is 54.6 Å². The number of nitrogens with one attached hydrogen (secondary N) is 2. The summed E-state index contributed by atoms with van der Waals surface area (Å²) in [7, 11) is 0. The Labute approximate surface area is 121 Å². The molecular weight excluding hydrogens is 276 g/mol. The molecule has 0 saturated carbocycles. The molecule has 0 aromatic heterocycles. The molecule has 2 rings (SSSR count). The first-order valence-corrected chi connectivity index (χ1v) is 6.41. The van der Waals surface area contributed by atoms with Crippen molar-refractivity contribution in [2.45, 2.75) is 0 Å². The Morgan fingerprint density at radius 1 is 0.950 bits per heavy atom. The topological polar surface area (TPSA) is 58.2 Å². The lowest BCUT2D eigenvalue weighted by molar-refractivity contribution is 0.0993. The first-order chi connectivity index (χ1) is 9.65. The third-order valence-electron chi connectivity index (χ3n) is 2.61. The lowest BCUT2D eigenvalue weighted by Gasteiger charge is -2.07. The van der Waals surface area contributed by atoms with Gasteiger partial charge in [0.25, 0.3) is 0 Å². The third-order valence-corrected chi connectivity index (χ3v) is 2.86. The van der Waals surface area contributed by atoms with Gasteiger partial charge >= 0.3 is 6.03 Å². The van der Waals surface area contributed by atoms with Gasteiger partial charge in [0, 0.05) is 16.3 Å². The number of carbonyl (C=O) groups excluding carboxylic acids is 2. The van der Waals surface area contributed by atoms with Crippen LogP contribution >= 0.6 is 11.6 Å². The van der Waals surface area contributed by atoms with Gasteiger partial charge in [-0.15, -0.1) is 0 Å². The Morgan fingerprint density at radius 2 is 1.60 bits per heavy atom. The molecule has 0 spiro atoms. The zero-order valence-electron chi connectivity index (χ0n) is 10.6. The average molecular weight is 289 g/mol. The smallest absolute Gasteiger partial charge is 0.319 e. The number of ketones is 1. The van der Waals surface area contributed by atoms with E-state index in [0.717, 1.165) is 0 Å². The van der Waals surface area contributed by atoms with E-state index in [1.165, 1.54) is 0 Å². The third kappa shape index (κ3) is 4.10. The fraction of sp³-hybridized carbons (Fsp3) is 0.0667. The summed E-state index contributed by atoms with van der Waals surface area (Å²) < 4.78 is 0. The Kier molecular flexibility index (Phi) is 4.74. The molecule has 2 aromatic carbocycles. The van der Waals surface area contributed by atoms with Crippen LogP contribution in [0.1, 0.15) is 10.4 Å². The minimum Gasteiger partial charge on any atom is -0.330 e. The van der Waals surface area contributed by atoms with E-state index in [1.807, 2.05) is 6.07 Å². The highest BCUT2D eigenvalue weighted by atomic mass is 35.5. The summed E-state index contributed by atoms with van der Waals surface area (Å²) in [6.07, 6.45) is 0. The molecule has 0 aliphatic carbocycles. The summed E-state index contributed by atoms with van der Waals surface area (Å²) in [4.78, 5) is 23.4. The Balaban J connectivity index is 1.83. The summed E-state index contributed by atoms with van der Waals surface area (Å²) in [6, 6.07) is 15.1. The number of urea groups is 1. The van der Waals surface area contributed by atoms with Gasteiger partial charge in [0.05, 0.1) is 6.54 Å². The largest absolute Gasteiger partial charge is 0.330 e. The monoisotopic (exact) mass is 288 g/mol. The van der Waals surface area contributed by atoms with Gasteiger partial charge in [-0.05, 0) is 24.3 Å². The minimum atomic E-state index is -0.434. The second kappa shape index (κ2) is 6.73. The van der Waals surface area contributed by atoms with Gasteiger partial charge in [0.2, 0.25) is 0 Å². The molecule has 2 amide bonds. The van der Waals surface area contributed by atoms with Crippen molar-refractivity contribution >= 4 is 29.1 Å². The predicted octanol–water partition coefficient (Wildman–Crippen LogP) is 3.34. The summed E-state index contributed by atoms with van der Waals surface area (Å²) in [5, 5.41) is 5.72. The Bertz CT molecular complexity index is 597. The van der Waals surface area contributed by atoms with Crippen LogP contribution in [0.25, 0.3) is 0 Å². The van der Waals surface area contributed by atoms with E-state index < -0.39 is 6.03 Å². The lowest BCUT2D eigenvalue weighted by atomic mass is 10.1. The van der Waals surface area contributed by atoms with Gasteiger partial charge in [-0.2, -0.15) is 0 Å². The summed E-state index contributed by atoms with van der Waals surface area (Å²) in [6.45, 7) is -0.0521. The molecule has 0 radical (unpaired) electrons. The van der Waals surface area contributed by atoms with Gasteiger partial charge in [0.1, 0.15) is 0 Å². The number of anilines is 1. The molecule has 20 heavy (non-hydrogen) atoms. The molecule has 0 aliphatic rings. The SMILES string of the molecule is O=C(NCC(=O)c1ccccc1)Nc1ccc(Cl)cc1. The van der Waals surface area contributed by atoms with E-state index in [0.29, 0.717) is 16.3 Å². The van der Waals surface area contributed by atoms with E-state index in [9.17, 15) is 9.59 Å². The normalized spacial score (nSPS) is 9.85. The molecule has 2 aromatic rings. The zero-order chi connectivity index (χ0) is 14.4. The zero-order valence-corrected chi connectivity index (χ0v) is 11.4. The first-order valence-electron chi connectivity index (χ1n) is 6.04. The molecule has 0 heterocycles. The summed E-state index contributed by atoms with van der Waals surface area (Å²) in [5.74, 6) is -0.142. The summed E-state index contributed by atoms with van der Waals surface area (Å²) in [5.41, 5.74) is 1.18. The van der Waals surface area contributed by atoms with Crippen LogP contribution < -0.4 is 10.6 Å². The van der Waals surface area contributed by atoms with Crippen molar-refractivity contribution < 1.29 is 9.59 Å². The maximum atomic E-state index is 11.8. The molecule has 4 nitrogen and oxygen atoms in total. The molecule has 0 atom stereocenters. The van der Waals surface area contributed by atoms with Crippen LogP contribution in [-0.4, -0.2) is 18.4 Å². The highest BCUT2D eigenvalue weighted by Gasteiger charge is 2.07. The van der Waals surface area contributed by atoms with Crippen LogP contribution in [0.5, 0.6) is 0 Å². The van der Waals surface area contributed by atoms with E-state index in [-0.39, 0.29) is 12.3 Å². The van der Waals surface area contributed by atoms with Crippen molar-refractivity contribution in [2.24, 2.45) is 0 Å². The number of amides is 2. The van der Waals surface area contributed by atoms with Crippen molar-refractivity contribution in [3.05, 3.63) is 65.2 Å². The molecule has 0 bridgehead atoms. The minimum absolute atomic E-state index is 0.0521. The van der Waals surface area contributed by atoms with Gasteiger partial charge in [-0.1, -0.05) is 41.9 Å². The fourth-order valence-electron chi connectivity index (χ4n) is 1.60. The number of carbonyl (C=O) groups is 2. The van der Waals surface area contributed by atoms with Gasteiger partial charge in [-0.25, -0.2) is 4.79 Å². The fourth-order valence-corrected chi connectivity index (χ4v) is 1.72. The van der Waals surface area contributed by atoms with Gasteiger partial charge < -0.3 is 10.6 Å². The predicted molar refractivity (Wildman–Crippen MR) is 79.2 cm³/mol. The number of hydrogen-bond acceptors (Lipinski definition) is 2. The maximum Gasteiger partial charge on any atom is 0.319 e. The van der Waals surface area contributed by atoms with Crippen molar-refractivity contribution in [2.75, 3.05) is 11.9 Å². The first kappa shape index (κ1) is 14.1. The van der Waals surface area contributed by atoms with E-state index in [2.05, 4.69) is 10.6 Å². The highest BCUT2D eigenvalue weighted by molar-refractivity contribution is 6.30. The Hall–Kier alpha value is -2.33. The highest BCUT2D eigenvalue weighted by Crippen LogP contribution is 2.13. The molecule has 5 heteroatoms. The number of rotatable bonds is 4. The number of Topliss-reactive ketones (excluding diaryl/α,β-unsaturated/α-hetero) is 1. The van der Waals surface area contributed by atoms with Crippen LogP contribution in [-0.2, 0) is 0 Å². The molecule has 102 valence electrons. The summed E-state index contributed by atoms with van der Waals surface area (Å²) >= 11 is 5.75. The van der Waals surface area contributed by atoms with Crippen molar-refractivity contribution in [3.63, 3.8) is 0 Å². The molecule has 0 unspecified atom stereocenters. The molecule has 0 fully saturated rings. The van der Waals surface area contributed by atoms with Crippen LogP contribution in [0.3, 0.4) is 0 Å². The molecule has 2 N–H and O–H groups in total. The second-order valence-corrected chi connectivity index (χ2v) is 4.54. The Morgan fingerprint density at radius 3 is 2.25 bits per heavy atom. The average Bonchev–Trinajstić information content (AvgIpc) is 2.48.